The van der Waals surface area contributed by atoms with Crippen LogP contribution in [-0.2, 0) is 6.54 Å². The molecule has 2 N–H and O–H groups in total. The van der Waals surface area contributed by atoms with Crippen molar-refractivity contribution < 1.29 is 9.47 Å². The third-order valence-corrected chi connectivity index (χ3v) is 8.03. The number of H-pyrrole nitrogens is 1. The van der Waals surface area contributed by atoms with Gasteiger partial charge in [0.25, 0.3) is 0 Å². The van der Waals surface area contributed by atoms with E-state index < -0.39 is 0 Å². The third kappa shape index (κ3) is 4.27. The lowest BCUT2D eigenvalue weighted by Gasteiger charge is -2.38. The first-order valence-electron chi connectivity index (χ1n) is 11.0. The molecule has 5 rings (SSSR count). The zero-order valence-electron chi connectivity index (χ0n) is 18.2. The lowest BCUT2D eigenvalue weighted by molar-refractivity contribution is 0.102. The van der Waals surface area contributed by atoms with Crippen molar-refractivity contribution in [2.45, 2.75) is 68.2 Å². The Hall–Kier alpha value is -2.04. The molecule has 2 aromatic heterocycles. The molecule has 2 aliphatic rings. The summed E-state index contributed by atoms with van der Waals surface area (Å²) < 4.78 is 13.9. The van der Waals surface area contributed by atoms with Gasteiger partial charge in [0.1, 0.15) is 5.52 Å². The number of aromatic nitrogens is 4. The lowest BCUT2D eigenvalue weighted by atomic mass is 9.98. The van der Waals surface area contributed by atoms with Gasteiger partial charge < -0.3 is 19.0 Å². The predicted molar refractivity (Wildman–Crippen MR) is 126 cm³/mol. The van der Waals surface area contributed by atoms with Crippen molar-refractivity contribution in [1.29, 1.82) is 5.41 Å². The third-order valence-electron chi connectivity index (χ3n) is 6.17. The highest BCUT2D eigenvalue weighted by Gasteiger charge is 2.24. The van der Waals surface area contributed by atoms with E-state index >= 15 is 0 Å². The molecule has 0 spiro atoms. The molecule has 0 saturated carbocycles. The number of nitrogens with zero attached hydrogens (tertiary/aromatic N) is 4. The largest absolute Gasteiger partial charge is 0.454 e. The standard InChI is InChI=1S/C22H27BrN6O2S/c1-13(2)29-7-4-3-5-14(29)6-8-28-11-25-20(24)19-21(28)27-22(26-19)32-18-10-17-16(9-15(18)23)30-12-31-17/h9-11,13-14,24H,3-8,12H2,1-2H3,(H,26,27). The minimum Gasteiger partial charge on any atom is -0.454 e. The molecule has 4 heterocycles. The smallest absolute Gasteiger partial charge is 0.231 e. The van der Waals surface area contributed by atoms with Gasteiger partial charge in [0.15, 0.2) is 27.8 Å². The number of hydrogen-bond donors (Lipinski definition) is 2. The van der Waals surface area contributed by atoms with Crippen molar-refractivity contribution in [2.75, 3.05) is 13.3 Å². The number of rotatable bonds is 6. The fourth-order valence-electron chi connectivity index (χ4n) is 4.56. The van der Waals surface area contributed by atoms with Crippen molar-refractivity contribution in [3.05, 3.63) is 28.4 Å². The predicted octanol–water partition coefficient (Wildman–Crippen LogP) is 4.53. The van der Waals surface area contributed by atoms with Crippen LogP contribution in [-0.4, -0.2) is 49.8 Å². The Kier molecular flexibility index (Phi) is 6.18. The number of hydrogen-bond acceptors (Lipinski definition) is 7. The van der Waals surface area contributed by atoms with Crippen LogP contribution in [0.5, 0.6) is 11.5 Å². The van der Waals surface area contributed by atoms with Crippen LogP contribution in [0.2, 0.25) is 0 Å². The Balaban J connectivity index is 1.39. The Morgan fingerprint density at radius 2 is 2.09 bits per heavy atom. The average Bonchev–Trinajstić information content (AvgIpc) is 3.41. The molecule has 10 heteroatoms. The Morgan fingerprint density at radius 1 is 1.28 bits per heavy atom. The highest BCUT2D eigenvalue weighted by molar-refractivity contribution is 9.10. The van der Waals surface area contributed by atoms with Crippen LogP contribution in [0.25, 0.3) is 11.2 Å². The van der Waals surface area contributed by atoms with Crippen LogP contribution in [0.3, 0.4) is 0 Å². The van der Waals surface area contributed by atoms with E-state index in [1.165, 1.54) is 37.6 Å². The van der Waals surface area contributed by atoms with E-state index in [1.807, 2.05) is 12.1 Å². The number of nitrogens with one attached hydrogen (secondary N) is 2. The molecule has 1 saturated heterocycles. The summed E-state index contributed by atoms with van der Waals surface area (Å²) in [6, 6.07) is 5.00. The van der Waals surface area contributed by atoms with Crippen molar-refractivity contribution in [3.63, 3.8) is 0 Å². The second-order valence-electron chi connectivity index (χ2n) is 8.53. The maximum Gasteiger partial charge on any atom is 0.231 e. The van der Waals surface area contributed by atoms with Crippen molar-refractivity contribution in [1.82, 2.24) is 24.4 Å². The van der Waals surface area contributed by atoms with E-state index in [2.05, 4.69) is 49.2 Å². The monoisotopic (exact) mass is 518 g/mol. The first kappa shape index (κ1) is 21.8. The van der Waals surface area contributed by atoms with Crippen molar-refractivity contribution >= 4 is 38.9 Å². The summed E-state index contributed by atoms with van der Waals surface area (Å²) in [7, 11) is 0. The average molecular weight is 519 g/mol. The van der Waals surface area contributed by atoms with Gasteiger partial charge in [-0.25, -0.2) is 9.97 Å². The van der Waals surface area contributed by atoms with Crippen LogP contribution < -0.4 is 15.0 Å². The minimum atomic E-state index is 0.210. The SMILES string of the molecule is CC(C)N1CCCCC1CCn1cnc(=N)c2[nH]c(Sc3cc4c(cc3Br)OCO4)nc21. The van der Waals surface area contributed by atoms with Crippen molar-refractivity contribution in [3.8, 4) is 11.5 Å². The van der Waals surface area contributed by atoms with Crippen LogP contribution in [0.1, 0.15) is 39.5 Å². The van der Waals surface area contributed by atoms with Gasteiger partial charge >= 0.3 is 0 Å². The van der Waals surface area contributed by atoms with Gasteiger partial charge in [-0.3, -0.25) is 10.3 Å². The number of likely N-dealkylation sites (tertiary alicyclic amines) is 1. The molecule has 0 radical (unpaired) electrons. The van der Waals surface area contributed by atoms with E-state index in [9.17, 15) is 0 Å². The number of imidazole rings is 1. The second kappa shape index (κ2) is 9.07. The van der Waals surface area contributed by atoms with Gasteiger partial charge in [-0.2, -0.15) is 0 Å². The molecule has 0 bridgehead atoms. The van der Waals surface area contributed by atoms with Gasteiger partial charge in [-0.1, -0.05) is 18.2 Å². The zero-order valence-corrected chi connectivity index (χ0v) is 20.6. The molecule has 8 nitrogen and oxygen atoms in total. The highest BCUT2D eigenvalue weighted by Crippen LogP contribution is 2.42. The highest BCUT2D eigenvalue weighted by atomic mass is 79.9. The molecular formula is C22H27BrN6O2S. The zero-order chi connectivity index (χ0) is 22.2. The summed E-state index contributed by atoms with van der Waals surface area (Å²) >= 11 is 5.10. The summed E-state index contributed by atoms with van der Waals surface area (Å²) in [5.41, 5.74) is 1.65. The van der Waals surface area contributed by atoms with Gasteiger partial charge in [-0.15, -0.1) is 0 Å². The maximum absolute atomic E-state index is 8.25. The van der Waals surface area contributed by atoms with Gasteiger partial charge in [0, 0.05) is 28.0 Å². The van der Waals surface area contributed by atoms with Gasteiger partial charge in [0.2, 0.25) is 6.79 Å². The Bertz CT molecular complexity index is 1190. The van der Waals surface area contributed by atoms with E-state index in [1.54, 1.807) is 6.33 Å². The topological polar surface area (TPSA) is 92.1 Å². The summed E-state index contributed by atoms with van der Waals surface area (Å²) in [5.74, 6) is 1.46. The minimum absolute atomic E-state index is 0.210. The first-order valence-corrected chi connectivity index (χ1v) is 12.6. The van der Waals surface area contributed by atoms with Crippen LogP contribution in [0.15, 0.2) is 33.0 Å². The number of halogens is 1. The summed E-state index contributed by atoms with van der Waals surface area (Å²) in [6.45, 7) is 6.82. The molecule has 32 heavy (non-hydrogen) atoms. The second-order valence-corrected chi connectivity index (χ2v) is 10.4. The summed E-state index contributed by atoms with van der Waals surface area (Å²) in [5, 5.41) is 8.97. The first-order chi connectivity index (χ1) is 15.5. The number of ether oxygens (including phenoxy) is 2. The fraction of sp³-hybridized carbons (Fsp3) is 0.500. The van der Waals surface area contributed by atoms with E-state index in [0.717, 1.165) is 44.6 Å². The van der Waals surface area contributed by atoms with E-state index in [-0.39, 0.29) is 12.3 Å². The molecule has 0 aliphatic carbocycles. The molecule has 3 aromatic rings. The van der Waals surface area contributed by atoms with Gasteiger partial charge in [-0.05, 0) is 67.7 Å². The molecule has 1 unspecified atom stereocenters. The molecule has 2 aliphatic heterocycles. The number of piperidine rings is 1. The van der Waals surface area contributed by atoms with Gasteiger partial charge in [0.05, 0.1) is 6.33 Å². The number of benzene rings is 1. The molecule has 0 amide bonds. The van der Waals surface area contributed by atoms with E-state index in [4.69, 9.17) is 19.9 Å². The molecule has 1 atom stereocenters. The molecular weight excluding hydrogens is 492 g/mol. The summed E-state index contributed by atoms with van der Waals surface area (Å²) in [6.07, 6.45) is 6.63. The molecule has 1 fully saturated rings. The quantitative estimate of drug-likeness (QED) is 0.497. The van der Waals surface area contributed by atoms with Crippen LogP contribution in [0, 0.1) is 5.41 Å². The number of fused-ring (bicyclic) bond motifs is 2. The number of aromatic amines is 1. The van der Waals surface area contributed by atoms with E-state index in [0.29, 0.717) is 17.6 Å². The maximum atomic E-state index is 8.25. The molecule has 170 valence electrons. The molecule has 1 aromatic carbocycles. The Labute approximate surface area is 199 Å². The lowest BCUT2D eigenvalue weighted by Crippen LogP contribution is -2.44. The van der Waals surface area contributed by atoms with Crippen LogP contribution >= 0.6 is 27.7 Å². The summed E-state index contributed by atoms with van der Waals surface area (Å²) in [4.78, 5) is 16.0. The Morgan fingerprint density at radius 3 is 2.91 bits per heavy atom. The normalized spacial score (nSPS) is 18.7. The van der Waals surface area contributed by atoms with Crippen LogP contribution in [0.4, 0.5) is 0 Å². The van der Waals surface area contributed by atoms with Crippen molar-refractivity contribution in [2.24, 2.45) is 0 Å². The fourth-order valence-corrected chi connectivity index (χ4v) is 5.94. The number of aryl methyl sites for hydroxylation is 1.